The average molecular weight is 589 g/mol. The van der Waals surface area contributed by atoms with Crippen molar-refractivity contribution >= 4 is 47.0 Å². The van der Waals surface area contributed by atoms with Crippen LogP contribution < -0.4 is 10.2 Å². The molecule has 206 valence electrons. The van der Waals surface area contributed by atoms with E-state index in [0.717, 1.165) is 31.4 Å². The van der Waals surface area contributed by atoms with Crippen LogP contribution in [0.3, 0.4) is 0 Å². The van der Waals surface area contributed by atoms with Gasteiger partial charge in [0.1, 0.15) is 6.61 Å². The molecule has 1 unspecified atom stereocenters. The third-order valence-corrected chi connectivity index (χ3v) is 8.71. The van der Waals surface area contributed by atoms with Gasteiger partial charge >= 0.3 is 0 Å². The van der Waals surface area contributed by atoms with Crippen LogP contribution in [0.15, 0.2) is 48.8 Å². The van der Waals surface area contributed by atoms with Crippen molar-refractivity contribution in [3.63, 3.8) is 0 Å². The van der Waals surface area contributed by atoms with Crippen molar-refractivity contribution in [2.75, 3.05) is 6.26 Å². The van der Waals surface area contributed by atoms with Gasteiger partial charge in [-0.25, -0.2) is 10.5 Å². The van der Waals surface area contributed by atoms with Crippen LogP contribution in [0.5, 0.6) is 0 Å². The largest absolute Gasteiger partial charge is 0.348 e. The topological polar surface area (TPSA) is 99.3 Å². The number of benzene rings is 2. The summed E-state index contributed by atoms with van der Waals surface area (Å²) in [6, 6.07) is 11.8. The van der Waals surface area contributed by atoms with E-state index in [-0.39, 0.29) is 30.5 Å². The van der Waals surface area contributed by atoms with Crippen LogP contribution in [-0.2, 0) is 16.2 Å². The first-order valence-corrected chi connectivity index (χ1v) is 14.9. The van der Waals surface area contributed by atoms with E-state index in [1.807, 2.05) is 42.3 Å². The van der Waals surface area contributed by atoms with Crippen LogP contribution in [0.4, 0.5) is 0 Å². The number of nitrogens with one attached hydrogen (secondary N) is 3. The molecule has 0 bridgehead atoms. The maximum absolute atomic E-state index is 14.3. The smallest absolute Gasteiger partial charge is 0.255 e. The first-order valence-electron chi connectivity index (χ1n) is 13.0. The normalized spacial score (nSPS) is 23.0. The number of hydrogen-bond acceptors (Lipinski definition) is 6. The average Bonchev–Trinajstić information content (AvgIpc) is 3.34. The van der Waals surface area contributed by atoms with Crippen LogP contribution in [0, 0.1) is 6.92 Å². The number of hydroxylamine groups is 1. The highest BCUT2D eigenvalue weighted by atomic mass is 35.5. The van der Waals surface area contributed by atoms with Crippen molar-refractivity contribution < 1.29 is 14.4 Å². The number of nitrogens with zero attached hydrogens (tertiary/aromatic N) is 2. The number of imidazole rings is 1. The van der Waals surface area contributed by atoms with Crippen LogP contribution >= 0.6 is 35.1 Å². The molecule has 5 rings (SSSR count). The number of halogens is 2. The van der Waals surface area contributed by atoms with Crippen molar-refractivity contribution in [3.05, 3.63) is 86.9 Å². The molecule has 2 amide bonds. The van der Waals surface area contributed by atoms with Gasteiger partial charge in [0.2, 0.25) is 0 Å². The molecule has 1 fully saturated rings. The summed E-state index contributed by atoms with van der Waals surface area (Å²) in [6.07, 6.45) is 7.38. The molecular weight excluding hydrogens is 557 g/mol. The van der Waals surface area contributed by atoms with E-state index in [9.17, 15) is 9.59 Å². The Bertz CT molecular complexity index is 1350. The lowest BCUT2D eigenvalue weighted by molar-refractivity contribution is -0.138. The lowest BCUT2D eigenvalue weighted by atomic mass is 9.76. The second-order valence-corrected chi connectivity index (χ2v) is 11.4. The van der Waals surface area contributed by atoms with Crippen LogP contribution in [0.25, 0.3) is 0 Å². The van der Waals surface area contributed by atoms with Gasteiger partial charge in [0, 0.05) is 33.4 Å². The highest BCUT2D eigenvalue weighted by Crippen LogP contribution is 2.47. The van der Waals surface area contributed by atoms with E-state index >= 15 is 0 Å². The SMILES string of the molecule is CSN[C@H]1CCCCC1N1C(=O)c2ccccc2[C@@H](C(=O)NOCc2nc[nH]c2C)[C@@H]1c1ccc(Cl)cc1Cl. The first kappa shape index (κ1) is 28.0. The summed E-state index contributed by atoms with van der Waals surface area (Å²) in [5.41, 5.74) is 6.01. The molecule has 2 aliphatic rings. The van der Waals surface area contributed by atoms with Gasteiger partial charge < -0.3 is 9.88 Å². The summed E-state index contributed by atoms with van der Waals surface area (Å²) in [5.74, 6) is -1.25. The molecule has 0 spiro atoms. The Morgan fingerprint density at radius 3 is 2.72 bits per heavy atom. The van der Waals surface area contributed by atoms with Gasteiger partial charge in [-0.15, -0.1) is 0 Å². The molecule has 0 saturated heterocycles. The van der Waals surface area contributed by atoms with Crippen molar-refractivity contribution in [2.24, 2.45) is 0 Å². The standard InChI is InChI=1S/C28H31Cl2N5O3S/c1-16-23(32-15-31-16)14-38-33-27(36)25-18-7-3-4-8-19(18)28(37)35(24-10-6-5-9-22(24)34-39-2)26(25)20-12-11-17(29)13-21(20)30/h3-4,7-8,11-13,15,22,24-26,34H,5-6,9-10,14H2,1-2H3,(H,31,32)(H,33,36)/t22-,24?,25+,26-/m0/s1. The zero-order chi connectivity index (χ0) is 27.5. The van der Waals surface area contributed by atoms with Gasteiger partial charge in [-0.2, -0.15) is 0 Å². The third kappa shape index (κ3) is 5.69. The Morgan fingerprint density at radius 2 is 1.97 bits per heavy atom. The Kier molecular flexibility index (Phi) is 8.83. The molecule has 8 nitrogen and oxygen atoms in total. The van der Waals surface area contributed by atoms with Crippen LogP contribution in [-0.4, -0.2) is 45.0 Å². The molecule has 1 aliphatic carbocycles. The zero-order valence-electron chi connectivity index (χ0n) is 21.7. The summed E-state index contributed by atoms with van der Waals surface area (Å²) in [7, 11) is 0. The van der Waals surface area contributed by atoms with Gasteiger partial charge in [-0.1, -0.05) is 72.3 Å². The number of rotatable bonds is 8. The number of carbonyl (C=O) groups is 2. The number of hydrogen-bond donors (Lipinski definition) is 3. The quantitative estimate of drug-likeness (QED) is 0.230. The Hall–Kier alpha value is -2.56. The number of H-pyrrole nitrogens is 1. The van der Waals surface area contributed by atoms with E-state index in [1.165, 1.54) is 0 Å². The van der Waals surface area contributed by atoms with Gasteiger partial charge in [0.05, 0.1) is 24.0 Å². The molecule has 0 radical (unpaired) electrons. The van der Waals surface area contributed by atoms with Gasteiger partial charge in [0.25, 0.3) is 11.8 Å². The molecule has 1 aromatic heterocycles. The molecule has 39 heavy (non-hydrogen) atoms. The second kappa shape index (κ2) is 12.3. The van der Waals surface area contributed by atoms with E-state index in [1.54, 1.807) is 36.5 Å². The first-order chi connectivity index (χ1) is 18.9. The van der Waals surface area contributed by atoms with Crippen molar-refractivity contribution in [2.45, 2.75) is 63.3 Å². The van der Waals surface area contributed by atoms with Crippen LogP contribution in [0.2, 0.25) is 10.0 Å². The van der Waals surface area contributed by atoms with E-state index in [2.05, 4.69) is 20.2 Å². The minimum absolute atomic E-state index is 0.0686. The fourth-order valence-electron chi connectivity index (χ4n) is 5.78. The monoisotopic (exact) mass is 587 g/mol. The summed E-state index contributed by atoms with van der Waals surface area (Å²) in [4.78, 5) is 43.0. The molecule has 2 heterocycles. The summed E-state index contributed by atoms with van der Waals surface area (Å²) >= 11 is 14.6. The van der Waals surface area contributed by atoms with Crippen molar-refractivity contribution in [3.8, 4) is 0 Å². The van der Waals surface area contributed by atoms with Gasteiger partial charge in [0.15, 0.2) is 0 Å². The predicted octanol–water partition coefficient (Wildman–Crippen LogP) is 5.73. The van der Waals surface area contributed by atoms with E-state index in [0.29, 0.717) is 32.4 Å². The summed E-state index contributed by atoms with van der Waals surface area (Å²) in [6.45, 7) is 1.99. The van der Waals surface area contributed by atoms with Crippen molar-refractivity contribution in [1.82, 2.24) is 25.1 Å². The maximum Gasteiger partial charge on any atom is 0.255 e. The fraction of sp³-hybridized carbons (Fsp3) is 0.393. The van der Waals surface area contributed by atoms with Crippen LogP contribution in [0.1, 0.15) is 70.5 Å². The molecule has 3 aromatic rings. The van der Waals surface area contributed by atoms with E-state index < -0.39 is 12.0 Å². The minimum atomic E-state index is -0.769. The molecule has 4 atom stereocenters. The zero-order valence-corrected chi connectivity index (χ0v) is 24.1. The molecule has 3 N–H and O–H groups in total. The number of aryl methyl sites for hydroxylation is 1. The predicted molar refractivity (Wildman–Crippen MR) is 154 cm³/mol. The molecule has 1 saturated carbocycles. The van der Waals surface area contributed by atoms with Gasteiger partial charge in [-0.05, 0) is 55.3 Å². The highest BCUT2D eigenvalue weighted by molar-refractivity contribution is 7.96. The Morgan fingerprint density at radius 1 is 1.18 bits per heavy atom. The number of fused-ring (bicyclic) bond motifs is 1. The Balaban J connectivity index is 1.59. The third-order valence-electron chi connectivity index (χ3n) is 7.61. The molecule has 2 aromatic carbocycles. The summed E-state index contributed by atoms with van der Waals surface area (Å²) < 4.78 is 3.50. The number of amides is 2. The fourth-order valence-corrected chi connectivity index (χ4v) is 6.87. The number of aromatic amines is 1. The second-order valence-electron chi connectivity index (χ2n) is 9.90. The lowest BCUT2D eigenvalue weighted by Crippen LogP contribution is -2.57. The van der Waals surface area contributed by atoms with E-state index in [4.69, 9.17) is 28.0 Å². The van der Waals surface area contributed by atoms with Crippen molar-refractivity contribution in [1.29, 1.82) is 0 Å². The molecular formula is C28H31Cl2N5O3S. The number of carbonyl (C=O) groups excluding carboxylic acids is 2. The maximum atomic E-state index is 14.3. The Labute approximate surface area is 242 Å². The summed E-state index contributed by atoms with van der Waals surface area (Å²) in [5, 5.41) is 0.886. The number of aromatic nitrogens is 2. The lowest BCUT2D eigenvalue weighted by Gasteiger charge is -2.49. The minimum Gasteiger partial charge on any atom is -0.348 e. The molecule has 1 aliphatic heterocycles. The van der Waals surface area contributed by atoms with Gasteiger partial charge in [-0.3, -0.25) is 19.1 Å². The molecule has 11 heteroatoms. The highest BCUT2D eigenvalue weighted by Gasteiger charge is 2.49.